The molecular weight excluding hydrogens is 372 g/mol. The summed E-state index contributed by atoms with van der Waals surface area (Å²) in [4.78, 5) is 18.4. The molecule has 0 radical (unpaired) electrons. The summed E-state index contributed by atoms with van der Waals surface area (Å²) in [6.07, 6.45) is 3.29. The molecule has 7 heteroatoms. The zero-order valence-electron chi connectivity index (χ0n) is 15.9. The average Bonchev–Trinajstić information content (AvgIpc) is 3.01. The number of fused-ring (bicyclic) bond motifs is 1. The molecule has 28 heavy (non-hydrogen) atoms. The predicted octanol–water partition coefficient (Wildman–Crippen LogP) is 3.72. The van der Waals surface area contributed by atoms with Crippen LogP contribution in [0.2, 0.25) is 0 Å². The molecule has 0 N–H and O–H groups in total. The van der Waals surface area contributed by atoms with E-state index in [0.717, 1.165) is 16.2 Å². The summed E-state index contributed by atoms with van der Waals surface area (Å²) >= 11 is 1.52. The number of benzene rings is 2. The molecule has 4 aromatic rings. The zero-order valence-corrected chi connectivity index (χ0v) is 16.7. The number of hydrogen-bond donors (Lipinski definition) is 0. The number of rotatable bonds is 5. The Kier molecular flexibility index (Phi) is 4.92. The molecule has 2 aromatic heterocycles. The highest BCUT2D eigenvalue weighted by Crippen LogP contribution is 2.31. The summed E-state index contributed by atoms with van der Waals surface area (Å²) in [5.41, 5.74) is 3.70. The van der Waals surface area contributed by atoms with Crippen LogP contribution < -0.4 is 10.4 Å². The zero-order chi connectivity index (χ0) is 19.7. The van der Waals surface area contributed by atoms with Gasteiger partial charge < -0.3 is 4.74 Å². The molecule has 2 aromatic carbocycles. The largest absolute Gasteiger partial charge is 0.497 e. The fourth-order valence-corrected chi connectivity index (χ4v) is 3.97. The van der Waals surface area contributed by atoms with Crippen molar-refractivity contribution in [2.24, 2.45) is 0 Å². The molecule has 0 unspecified atom stereocenters. The molecule has 0 bridgehead atoms. The van der Waals surface area contributed by atoms with Crippen LogP contribution >= 0.6 is 11.8 Å². The van der Waals surface area contributed by atoms with E-state index in [1.54, 1.807) is 23.9 Å². The maximum Gasteiger partial charge on any atom is 0.350 e. The second-order valence-electron chi connectivity index (χ2n) is 6.59. The summed E-state index contributed by atoms with van der Waals surface area (Å²) in [6, 6.07) is 13.9. The molecule has 0 saturated heterocycles. The van der Waals surface area contributed by atoms with Gasteiger partial charge in [0.2, 0.25) is 0 Å². The van der Waals surface area contributed by atoms with Crippen molar-refractivity contribution in [2.75, 3.05) is 7.11 Å². The van der Waals surface area contributed by atoms with Crippen molar-refractivity contribution < 1.29 is 4.74 Å². The first kappa shape index (κ1) is 18.3. The molecule has 0 amide bonds. The summed E-state index contributed by atoms with van der Waals surface area (Å²) in [5.74, 6) is 0.752. The first-order valence-corrected chi connectivity index (χ1v) is 9.69. The highest BCUT2D eigenvalue weighted by Gasteiger charge is 2.14. The van der Waals surface area contributed by atoms with E-state index in [-0.39, 0.29) is 5.69 Å². The topological polar surface area (TPSA) is 61.4 Å². The van der Waals surface area contributed by atoms with Gasteiger partial charge in [0.15, 0.2) is 5.65 Å². The summed E-state index contributed by atoms with van der Waals surface area (Å²) in [6.45, 7) is 4.51. The van der Waals surface area contributed by atoms with Gasteiger partial charge in [-0.05, 0) is 43.2 Å². The van der Waals surface area contributed by atoms with Crippen LogP contribution in [0.5, 0.6) is 5.75 Å². The lowest BCUT2D eigenvalue weighted by atomic mass is 10.2. The van der Waals surface area contributed by atoms with E-state index in [1.165, 1.54) is 27.6 Å². The van der Waals surface area contributed by atoms with Gasteiger partial charge in [0.1, 0.15) is 10.8 Å². The SMILES string of the molecule is COc1cccc(Cn2nc3c(Sc4ccc(C)cc4C)nccn3c2=O)c1. The van der Waals surface area contributed by atoms with Gasteiger partial charge in [0.25, 0.3) is 0 Å². The van der Waals surface area contributed by atoms with Crippen molar-refractivity contribution in [2.45, 2.75) is 30.3 Å². The van der Waals surface area contributed by atoms with Crippen LogP contribution in [0.1, 0.15) is 16.7 Å². The van der Waals surface area contributed by atoms with Gasteiger partial charge in [-0.3, -0.25) is 0 Å². The molecular formula is C21H20N4O2S. The lowest BCUT2D eigenvalue weighted by molar-refractivity contribution is 0.414. The van der Waals surface area contributed by atoms with E-state index < -0.39 is 0 Å². The van der Waals surface area contributed by atoms with Crippen molar-refractivity contribution in [1.29, 1.82) is 0 Å². The van der Waals surface area contributed by atoms with Gasteiger partial charge in [-0.25, -0.2) is 18.9 Å². The lowest BCUT2D eigenvalue weighted by Gasteiger charge is -2.06. The maximum absolute atomic E-state index is 12.8. The molecule has 6 nitrogen and oxygen atoms in total. The molecule has 142 valence electrons. The first-order chi connectivity index (χ1) is 13.5. The molecule has 0 aliphatic heterocycles. The third kappa shape index (κ3) is 3.53. The van der Waals surface area contributed by atoms with Gasteiger partial charge >= 0.3 is 5.69 Å². The van der Waals surface area contributed by atoms with Crippen molar-refractivity contribution in [3.8, 4) is 5.75 Å². The van der Waals surface area contributed by atoms with Gasteiger partial charge in [0, 0.05) is 17.3 Å². The third-order valence-corrected chi connectivity index (χ3v) is 5.63. The molecule has 0 spiro atoms. The monoisotopic (exact) mass is 392 g/mol. The average molecular weight is 392 g/mol. The Labute approximate surface area is 166 Å². The number of ether oxygens (including phenoxy) is 1. The fourth-order valence-electron chi connectivity index (χ4n) is 3.06. The van der Waals surface area contributed by atoms with Crippen LogP contribution in [0.15, 0.2) is 69.6 Å². The number of hydrogen-bond acceptors (Lipinski definition) is 5. The Balaban J connectivity index is 1.72. The van der Waals surface area contributed by atoms with E-state index in [0.29, 0.717) is 17.2 Å². The Morgan fingerprint density at radius 2 is 2.00 bits per heavy atom. The van der Waals surface area contributed by atoms with E-state index in [9.17, 15) is 4.79 Å². The van der Waals surface area contributed by atoms with Gasteiger partial charge in [-0.2, -0.15) is 0 Å². The normalized spacial score (nSPS) is 11.1. The molecule has 4 rings (SSSR count). The molecule has 0 atom stereocenters. The number of aryl methyl sites for hydroxylation is 2. The second kappa shape index (κ2) is 7.52. The Morgan fingerprint density at radius 1 is 1.14 bits per heavy atom. The van der Waals surface area contributed by atoms with E-state index >= 15 is 0 Å². The minimum atomic E-state index is -0.192. The van der Waals surface area contributed by atoms with Crippen molar-refractivity contribution in [3.05, 3.63) is 82.0 Å². The first-order valence-electron chi connectivity index (χ1n) is 8.87. The summed E-state index contributed by atoms with van der Waals surface area (Å²) in [5, 5.41) is 5.25. The maximum atomic E-state index is 12.8. The molecule has 0 aliphatic rings. The lowest BCUT2D eigenvalue weighted by Crippen LogP contribution is -2.21. The predicted molar refractivity (Wildman–Crippen MR) is 109 cm³/mol. The molecule has 2 heterocycles. The summed E-state index contributed by atoms with van der Waals surface area (Å²) < 4.78 is 8.26. The highest BCUT2D eigenvalue weighted by atomic mass is 32.2. The van der Waals surface area contributed by atoms with Gasteiger partial charge in [-0.1, -0.05) is 41.6 Å². The van der Waals surface area contributed by atoms with Crippen molar-refractivity contribution in [3.63, 3.8) is 0 Å². The fraction of sp³-hybridized carbons (Fsp3) is 0.190. The van der Waals surface area contributed by atoms with Crippen LogP contribution in [-0.4, -0.2) is 26.3 Å². The number of methoxy groups -OCH3 is 1. The molecule has 0 fully saturated rings. The quantitative estimate of drug-likeness (QED) is 0.518. The smallest absolute Gasteiger partial charge is 0.350 e. The summed E-state index contributed by atoms with van der Waals surface area (Å²) in [7, 11) is 1.62. The number of aromatic nitrogens is 4. The number of nitrogens with zero attached hydrogens (tertiary/aromatic N) is 4. The minimum absolute atomic E-state index is 0.192. The van der Waals surface area contributed by atoms with E-state index in [2.05, 4.69) is 42.1 Å². The molecule has 0 aliphatic carbocycles. The van der Waals surface area contributed by atoms with E-state index in [4.69, 9.17) is 4.74 Å². The van der Waals surface area contributed by atoms with Crippen molar-refractivity contribution in [1.82, 2.24) is 19.2 Å². The van der Waals surface area contributed by atoms with Crippen molar-refractivity contribution >= 4 is 17.4 Å². The Morgan fingerprint density at radius 3 is 2.79 bits per heavy atom. The highest BCUT2D eigenvalue weighted by molar-refractivity contribution is 7.99. The standard InChI is InChI=1S/C21H20N4O2S/c1-14-7-8-18(15(2)11-14)28-20-19-23-25(21(26)24(19)10-9-22-20)13-16-5-4-6-17(12-16)27-3/h4-12H,13H2,1-3H3. The molecule has 0 saturated carbocycles. The van der Waals surface area contributed by atoms with Crippen LogP contribution in [0.25, 0.3) is 5.65 Å². The van der Waals surface area contributed by atoms with Gasteiger partial charge in [-0.15, -0.1) is 5.10 Å². The van der Waals surface area contributed by atoms with Crippen LogP contribution in [0, 0.1) is 13.8 Å². The third-order valence-electron chi connectivity index (χ3n) is 4.47. The van der Waals surface area contributed by atoms with Crippen LogP contribution in [-0.2, 0) is 6.54 Å². The minimum Gasteiger partial charge on any atom is -0.497 e. The van der Waals surface area contributed by atoms with Crippen LogP contribution in [0.3, 0.4) is 0 Å². The van der Waals surface area contributed by atoms with Gasteiger partial charge in [0.05, 0.1) is 13.7 Å². The van der Waals surface area contributed by atoms with E-state index in [1.807, 2.05) is 24.3 Å². The second-order valence-corrected chi connectivity index (χ2v) is 7.62. The Bertz CT molecular complexity index is 1210. The Hall–Kier alpha value is -3.06. The van der Waals surface area contributed by atoms with Crippen LogP contribution in [0.4, 0.5) is 0 Å².